The van der Waals surface area contributed by atoms with Gasteiger partial charge in [0.2, 0.25) is 0 Å². The Kier molecular flexibility index (Phi) is 4.67. The van der Waals surface area contributed by atoms with Crippen LogP contribution in [-0.4, -0.2) is 66.1 Å². The van der Waals surface area contributed by atoms with E-state index in [2.05, 4.69) is 16.9 Å². The Hall–Kier alpha value is -1.98. The van der Waals surface area contributed by atoms with Crippen LogP contribution in [0.25, 0.3) is 10.9 Å². The standard InChI is InChI=1S/C21H27N3O2/c1-23-18(15-26-2)7-8-21(23)9-12-24(13-10-21)20(25)17-5-6-19-16(14-17)4-3-11-22-19/h3-6,11,14,18H,7-10,12-13,15H2,1-2H3. The number of fused-ring (bicyclic) bond motifs is 1. The summed E-state index contributed by atoms with van der Waals surface area (Å²) in [4.78, 5) is 21.8. The molecule has 3 heterocycles. The fraction of sp³-hybridized carbons (Fsp3) is 0.524. The zero-order valence-electron chi connectivity index (χ0n) is 15.6. The molecule has 1 atom stereocenters. The smallest absolute Gasteiger partial charge is 0.253 e. The maximum Gasteiger partial charge on any atom is 0.253 e. The molecule has 0 bridgehead atoms. The maximum absolute atomic E-state index is 13.0. The number of hydrogen-bond donors (Lipinski definition) is 0. The first-order chi connectivity index (χ1) is 12.6. The highest BCUT2D eigenvalue weighted by Crippen LogP contribution is 2.40. The van der Waals surface area contributed by atoms with Crippen LogP contribution in [0.3, 0.4) is 0 Å². The fourth-order valence-corrected chi connectivity index (χ4v) is 4.70. The first-order valence-corrected chi connectivity index (χ1v) is 9.49. The van der Waals surface area contributed by atoms with Crippen molar-refractivity contribution < 1.29 is 9.53 Å². The van der Waals surface area contributed by atoms with Crippen molar-refractivity contribution in [2.24, 2.45) is 0 Å². The van der Waals surface area contributed by atoms with Crippen LogP contribution in [0, 0.1) is 0 Å². The van der Waals surface area contributed by atoms with Crippen molar-refractivity contribution in [3.8, 4) is 0 Å². The van der Waals surface area contributed by atoms with E-state index in [4.69, 9.17) is 4.74 Å². The lowest BCUT2D eigenvalue weighted by molar-refractivity contribution is 0.0273. The number of benzene rings is 1. The van der Waals surface area contributed by atoms with Crippen molar-refractivity contribution in [1.82, 2.24) is 14.8 Å². The Balaban J connectivity index is 1.45. The number of piperidine rings is 1. The van der Waals surface area contributed by atoms with Crippen molar-refractivity contribution in [3.05, 3.63) is 42.1 Å². The van der Waals surface area contributed by atoms with Gasteiger partial charge in [-0.3, -0.25) is 14.7 Å². The minimum atomic E-state index is 0.139. The zero-order chi connectivity index (χ0) is 18.1. The predicted molar refractivity (Wildman–Crippen MR) is 102 cm³/mol. The van der Waals surface area contributed by atoms with Crippen LogP contribution < -0.4 is 0 Å². The second-order valence-corrected chi connectivity index (χ2v) is 7.69. The Morgan fingerprint density at radius 2 is 2.08 bits per heavy atom. The Morgan fingerprint density at radius 1 is 1.27 bits per heavy atom. The monoisotopic (exact) mass is 353 g/mol. The van der Waals surface area contributed by atoms with Gasteiger partial charge in [-0.25, -0.2) is 0 Å². The molecule has 1 aromatic carbocycles. The molecule has 1 aromatic heterocycles. The minimum Gasteiger partial charge on any atom is -0.383 e. The summed E-state index contributed by atoms with van der Waals surface area (Å²) in [5.74, 6) is 0.139. The van der Waals surface area contributed by atoms with E-state index in [0.29, 0.717) is 6.04 Å². The van der Waals surface area contributed by atoms with Gasteiger partial charge in [0.05, 0.1) is 12.1 Å². The molecule has 5 nitrogen and oxygen atoms in total. The molecular weight excluding hydrogens is 326 g/mol. The molecule has 0 N–H and O–H groups in total. The quantitative estimate of drug-likeness (QED) is 0.851. The molecule has 1 unspecified atom stereocenters. The Morgan fingerprint density at radius 3 is 2.85 bits per heavy atom. The van der Waals surface area contributed by atoms with Crippen molar-refractivity contribution >= 4 is 16.8 Å². The van der Waals surface area contributed by atoms with Gasteiger partial charge in [-0.2, -0.15) is 0 Å². The van der Waals surface area contributed by atoms with Crippen LogP contribution in [0.4, 0.5) is 0 Å². The molecule has 138 valence electrons. The molecule has 1 amide bonds. The van der Waals surface area contributed by atoms with E-state index >= 15 is 0 Å². The summed E-state index contributed by atoms with van der Waals surface area (Å²) >= 11 is 0. The number of carbonyl (C=O) groups is 1. The van der Waals surface area contributed by atoms with Gasteiger partial charge in [0.15, 0.2) is 0 Å². The number of carbonyl (C=O) groups excluding carboxylic acids is 1. The molecule has 1 spiro atoms. The largest absolute Gasteiger partial charge is 0.383 e. The number of amides is 1. The lowest BCUT2D eigenvalue weighted by Gasteiger charge is -2.45. The van der Waals surface area contributed by atoms with Crippen molar-refractivity contribution in [2.45, 2.75) is 37.3 Å². The number of likely N-dealkylation sites (tertiary alicyclic amines) is 2. The van der Waals surface area contributed by atoms with Gasteiger partial charge in [-0.1, -0.05) is 6.07 Å². The van der Waals surface area contributed by atoms with Crippen LogP contribution in [0.15, 0.2) is 36.5 Å². The molecule has 5 heteroatoms. The molecule has 2 saturated heterocycles. The summed E-state index contributed by atoms with van der Waals surface area (Å²) in [5, 5.41) is 1.02. The lowest BCUT2D eigenvalue weighted by Crippen LogP contribution is -2.54. The van der Waals surface area contributed by atoms with E-state index in [1.807, 2.05) is 35.2 Å². The molecule has 26 heavy (non-hydrogen) atoms. The number of nitrogens with zero attached hydrogens (tertiary/aromatic N) is 3. The van der Waals surface area contributed by atoms with E-state index in [1.165, 1.54) is 12.8 Å². The molecule has 2 aromatic rings. The van der Waals surface area contributed by atoms with Crippen molar-refractivity contribution in [2.75, 3.05) is 33.9 Å². The predicted octanol–water partition coefficient (Wildman–Crippen LogP) is 2.95. The third-order valence-electron chi connectivity index (χ3n) is 6.43. The topological polar surface area (TPSA) is 45.7 Å². The molecule has 2 aliphatic heterocycles. The van der Waals surface area contributed by atoms with Gasteiger partial charge in [-0.05, 0) is 57.0 Å². The van der Waals surface area contributed by atoms with Crippen molar-refractivity contribution in [3.63, 3.8) is 0 Å². The average molecular weight is 353 g/mol. The highest BCUT2D eigenvalue weighted by Gasteiger charge is 2.46. The summed E-state index contributed by atoms with van der Waals surface area (Å²) in [7, 11) is 4.00. The highest BCUT2D eigenvalue weighted by molar-refractivity contribution is 5.98. The SMILES string of the molecule is COCC1CCC2(CCN(C(=O)c3ccc4ncccc4c3)CC2)N1C. The van der Waals surface area contributed by atoms with Gasteiger partial charge in [0, 0.05) is 48.9 Å². The van der Waals surface area contributed by atoms with E-state index in [0.717, 1.165) is 49.0 Å². The molecule has 0 radical (unpaired) electrons. The van der Waals surface area contributed by atoms with Crippen LogP contribution in [0.2, 0.25) is 0 Å². The van der Waals surface area contributed by atoms with Crippen molar-refractivity contribution in [1.29, 1.82) is 0 Å². The highest BCUT2D eigenvalue weighted by atomic mass is 16.5. The van der Waals surface area contributed by atoms with E-state index < -0.39 is 0 Å². The average Bonchev–Trinajstić information content (AvgIpc) is 2.98. The fourth-order valence-electron chi connectivity index (χ4n) is 4.70. The van der Waals surface area contributed by atoms with Crippen LogP contribution >= 0.6 is 0 Å². The van der Waals surface area contributed by atoms with E-state index in [1.54, 1.807) is 13.3 Å². The number of ether oxygens (including phenoxy) is 1. The summed E-state index contributed by atoms with van der Waals surface area (Å²) < 4.78 is 5.37. The second kappa shape index (κ2) is 6.97. The molecule has 4 rings (SSSR count). The van der Waals surface area contributed by atoms with Crippen LogP contribution in [0.1, 0.15) is 36.0 Å². The Bertz CT molecular complexity index is 799. The third-order valence-corrected chi connectivity index (χ3v) is 6.43. The van der Waals surface area contributed by atoms with Gasteiger partial charge in [0.1, 0.15) is 0 Å². The van der Waals surface area contributed by atoms with Crippen LogP contribution in [0.5, 0.6) is 0 Å². The number of aromatic nitrogens is 1. The van der Waals surface area contributed by atoms with Gasteiger partial charge in [0.25, 0.3) is 5.91 Å². The molecule has 0 aliphatic carbocycles. The zero-order valence-corrected chi connectivity index (χ0v) is 15.6. The lowest BCUT2D eigenvalue weighted by atomic mass is 9.85. The summed E-state index contributed by atoms with van der Waals surface area (Å²) in [6, 6.07) is 10.2. The van der Waals surface area contributed by atoms with Gasteiger partial charge in [-0.15, -0.1) is 0 Å². The Labute approximate surface area is 154 Å². The van der Waals surface area contributed by atoms with E-state index in [9.17, 15) is 4.79 Å². The van der Waals surface area contributed by atoms with Gasteiger partial charge < -0.3 is 9.64 Å². The molecular formula is C21H27N3O2. The number of pyridine rings is 1. The third kappa shape index (κ3) is 2.99. The maximum atomic E-state index is 13.0. The summed E-state index contributed by atoms with van der Waals surface area (Å²) in [6.45, 7) is 2.45. The van der Waals surface area contributed by atoms with Crippen LogP contribution in [-0.2, 0) is 4.74 Å². The first-order valence-electron chi connectivity index (χ1n) is 9.49. The minimum absolute atomic E-state index is 0.139. The normalized spacial score (nSPS) is 23.0. The summed E-state index contributed by atoms with van der Waals surface area (Å²) in [6.07, 6.45) is 6.27. The second-order valence-electron chi connectivity index (χ2n) is 7.69. The number of likely N-dealkylation sites (N-methyl/N-ethyl adjacent to an activating group) is 1. The van der Waals surface area contributed by atoms with E-state index in [-0.39, 0.29) is 11.4 Å². The number of methoxy groups -OCH3 is 1. The molecule has 2 fully saturated rings. The number of rotatable bonds is 3. The molecule has 2 aliphatic rings. The number of hydrogen-bond acceptors (Lipinski definition) is 4. The molecule has 0 saturated carbocycles. The first kappa shape index (κ1) is 17.4. The summed E-state index contributed by atoms with van der Waals surface area (Å²) in [5.41, 5.74) is 1.93. The van der Waals surface area contributed by atoms with Gasteiger partial charge >= 0.3 is 0 Å².